The zero-order valence-electron chi connectivity index (χ0n) is 16.6. The molecule has 31 heavy (non-hydrogen) atoms. The summed E-state index contributed by atoms with van der Waals surface area (Å²) in [4.78, 5) is 4.27. The number of sulfonamides is 1. The van der Waals surface area contributed by atoms with Gasteiger partial charge in [-0.1, -0.05) is 12.1 Å². The Bertz CT molecular complexity index is 1320. The Hall–Kier alpha value is -3.41. The van der Waals surface area contributed by atoms with E-state index < -0.39 is 22.3 Å². The van der Waals surface area contributed by atoms with Crippen molar-refractivity contribution in [1.29, 1.82) is 0 Å². The third-order valence-electron chi connectivity index (χ3n) is 4.71. The zero-order chi connectivity index (χ0) is 22.2. The topological polar surface area (TPSA) is 107 Å². The molecule has 0 atom stereocenters. The van der Waals surface area contributed by atoms with E-state index in [1.165, 1.54) is 10.5 Å². The fraction of sp³-hybridized carbons (Fsp3) is 0.263. The van der Waals surface area contributed by atoms with Gasteiger partial charge in [0.05, 0.1) is 41.0 Å². The second-order valence-electron chi connectivity index (χ2n) is 6.67. The van der Waals surface area contributed by atoms with Crippen LogP contribution in [0.4, 0.5) is 14.5 Å². The summed E-state index contributed by atoms with van der Waals surface area (Å²) >= 11 is 0. The number of fused-ring (bicyclic) bond motifs is 1. The summed E-state index contributed by atoms with van der Waals surface area (Å²) in [6, 6.07) is 8.49. The Kier molecular flexibility index (Phi) is 5.39. The van der Waals surface area contributed by atoms with Gasteiger partial charge in [-0.2, -0.15) is 13.9 Å². The minimum atomic E-state index is -3.64. The van der Waals surface area contributed by atoms with Gasteiger partial charge < -0.3 is 4.42 Å². The van der Waals surface area contributed by atoms with E-state index in [1.807, 2.05) is 6.07 Å². The van der Waals surface area contributed by atoms with Crippen LogP contribution in [-0.4, -0.2) is 39.1 Å². The lowest BCUT2D eigenvalue weighted by Gasteiger charge is -2.24. The number of anilines is 1. The number of para-hydroxylation sites is 1. The van der Waals surface area contributed by atoms with E-state index in [0.717, 1.165) is 5.39 Å². The first kappa shape index (κ1) is 20.8. The van der Waals surface area contributed by atoms with Gasteiger partial charge in [0.1, 0.15) is 0 Å². The lowest BCUT2D eigenvalue weighted by atomic mass is 10.2. The van der Waals surface area contributed by atoms with Crippen LogP contribution in [0.1, 0.15) is 24.9 Å². The van der Waals surface area contributed by atoms with Crippen LogP contribution in [0, 0.1) is 0 Å². The van der Waals surface area contributed by atoms with Crippen molar-refractivity contribution in [3.8, 4) is 11.5 Å². The third kappa shape index (κ3) is 3.98. The Labute approximate surface area is 176 Å². The summed E-state index contributed by atoms with van der Waals surface area (Å²) in [7, 11) is -1.89. The number of pyridine rings is 1. The van der Waals surface area contributed by atoms with Gasteiger partial charge >= 0.3 is 6.43 Å². The molecule has 0 amide bonds. The molecular formula is C19H18F2N6O3S. The molecule has 0 spiro atoms. The highest BCUT2D eigenvalue weighted by Gasteiger charge is 2.25. The van der Waals surface area contributed by atoms with E-state index in [1.54, 1.807) is 49.1 Å². The molecule has 9 nitrogen and oxygen atoms in total. The Morgan fingerprint density at radius 2 is 1.97 bits per heavy atom. The first-order valence-corrected chi connectivity index (χ1v) is 10.9. The molecule has 0 unspecified atom stereocenters. The SMILES string of the molecule is CCS(=O)(=O)N(Cc1ccc(-c2nnc(C(F)F)o2)cn1)c1cccc2cnn(C)c12. The van der Waals surface area contributed by atoms with Crippen LogP contribution in [0.15, 0.2) is 47.1 Å². The summed E-state index contributed by atoms with van der Waals surface area (Å²) in [6.07, 6.45) is 0.177. The molecule has 0 saturated heterocycles. The molecular weight excluding hydrogens is 430 g/mol. The number of aromatic nitrogens is 5. The summed E-state index contributed by atoms with van der Waals surface area (Å²) in [5.41, 5.74) is 1.97. The van der Waals surface area contributed by atoms with Crippen LogP contribution in [0.25, 0.3) is 22.4 Å². The highest BCUT2D eigenvalue weighted by molar-refractivity contribution is 7.92. The van der Waals surface area contributed by atoms with Crippen LogP contribution < -0.4 is 4.31 Å². The number of halogens is 2. The van der Waals surface area contributed by atoms with Crippen molar-refractivity contribution >= 4 is 26.6 Å². The molecule has 3 aromatic heterocycles. The Morgan fingerprint density at radius 3 is 2.61 bits per heavy atom. The zero-order valence-corrected chi connectivity index (χ0v) is 17.4. The molecule has 4 rings (SSSR count). The van der Waals surface area contributed by atoms with Gasteiger partial charge in [0, 0.05) is 18.6 Å². The number of hydrogen-bond donors (Lipinski definition) is 0. The van der Waals surface area contributed by atoms with Crippen LogP contribution in [0.2, 0.25) is 0 Å². The predicted molar refractivity (Wildman–Crippen MR) is 109 cm³/mol. The molecule has 3 heterocycles. The minimum absolute atomic E-state index is 0.0210. The molecule has 0 radical (unpaired) electrons. The van der Waals surface area contributed by atoms with Gasteiger partial charge in [0.25, 0.3) is 5.89 Å². The van der Waals surface area contributed by atoms with E-state index in [-0.39, 0.29) is 18.2 Å². The summed E-state index contributed by atoms with van der Waals surface area (Å²) in [5.74, 6) is -0.965. The molecule has 162 valence electrons. The molecule has 1 aromatic carbocycles. The highest BCUT2D eigenvalue weighted by atomic mass is 32.2. The van der Waals surface area contributed by atoms with Gasteiger partial charge in [-0.15, -0.1) is 10.2 Å². The maximum atomic E-state index is 12.9. The predicted octanol–water partition coefficient (Wildman–Crippen LogP) is 3.31. The fourth-order valence-corrected chi connectivity index (χ4v) is 4.22. The Morgan fingerprint density at radius 1 is 1.16 bits per heavy atom. The summed E-state index contributed by atoms with van der Waals surface area (Å²) in [5, 5.41) is 11.9. The average molecular weight is 448 g/mol. The van der Waals surface area contributed by atoms with Gasteiger partial charge in [-0.25, -0.2) is 8.42 Å². The van der Waals surface area contributed by atoms with Gasteiger partial charge in [0.15, 0.2) is 0 Å². The normalized spacial score (nSPS) is 12.0. The monoisotopic (exact) mass is 448 g/mol. The van der Waals surface area contributed by atoms with Gasteiger partial charge in [0.2, 0.25) is 15.9 Å². The lowest BCUT2D eigenvalue weighted by Crippen LogP contribution is -2.32. The Balaban J connectivity index is 1.69. The van der Waals surface area contributed by atoms with Gasteiger partial charge in [-0.05, 0) is 25.1 Å². The molecule has 12 heteroatoms. The standard InChI is InChI=1S/C19H18F2N6O3S/c1-3-31(28,29)27(15-6-4-5-12-10-23-26(2)16(12)15)11-14-8-7-13(9-22-14)18-24-25-19(30-18)17(20)21/h4-10,17H,3,11H2,1-2H3. The summed E-state index contributed by atoms with van der Waals surface area (Å²) in [6.45, 7) is 1.55. The highest BCUT2D eigenvalue weighted by Crippen LogP contribution is 2.30. The number of nitrogens with zero attached hydrogens (tertiary/aromatic N) is 6. The van der Waals surface area contributed by atoms with Crippen LogP contribution in [-0.2, 0) is 23.6 Å². The second kappa shape index (κ2) is 8.02. The fourth-order valence-electron chi connectivity index (χ4n) is 3.13. The van der Waals surface area contributed by atoms with Crippen molar-refractivity contribution in [2.24, 2.45) is 7.05 Å². The van der Waals surface area contributed by atoms with Crippen molar-refractivity contribution in [1.82, 2.24) is 25.0 Å². The van der Waals surface area contributed by atoms with Crippen LogP contribution in [0.5, 0.6) is 0 Å². The number of hydrogen-bond acceptors (Lipinski definition) is 7. The molecule has 4 aromatic rings. The van der Waals surface area contributed by atoms with E-state index in [9.17, 15) is 17.2 Å². The maximum Gasteiger partial charge on any atom is 0.314 e. The third-order valence-corrected chi connectivity index (χ3v) is 6.44. The van der Waals surface area contributed by atoms with E-state index in [2.05, 4.69) is 20.3 Å². The van der Waals surface area contributed by atoms with Crippen molar-refractivity contribution in [3.63, 3.8) is 0 Å². The van der Waals surface area contributed by atoms with Crippen LogP contribution in [0.3, 0.4) is 0 Å². The first-order chi connectivity index (χ1) is 14.8. The molecule has 0 fully saturated rings. The quantitative estimate of drug-likeness (QED) is 0.427. The number of aryl methyl sites for hydroxylation is 1. The number of benzene rings is 1. The van der Waals surface area contributed by atoms with E-state index in [0.29, 0.717) is 22.5 Å². The molecule has 0 aliphatic rings. The minimum Gasteiger partial charge on any atom is -0.415 e. The largest absolute Gasteiger partial charge is 0.415 e. The van der Waals surface area contributed by atoms with Crippen molar-refractivity contribution in [3.05, 3.63) is 54.3 Å². The molecule has 0 N–H and O–H groups in total. The van der Waals surface area contributed by atoms with E-state index in [4.69, 9.17) is 4.42 Å². The van der Waals surface area contributed by atoms with E-state index >= 15 is 0 Å². The smallest absolute Gasteiger partial charge is 0.314 e. The maximum absolute atomic E-state index is 12.9. The number of alkyl halides is 2. The second-order valence-corrected chi connectivity index (χ2v) is 8.86. The lowest BCUT2D eigenvalue weighted by molar-refractivity contribution is 0.116. The summed E-state index contributed by atoms with van der Waals surface area (Å²) < 4.78 is 58.9. The molecule has 0 aliphatic heterocycles. The molecule has 0 bridgehead atoms. The molecule has 0 aliphatic carbocycles. The average Bonchev–Trinajstić information content (AvgIpc) is 3.40. The van der Waals surface area contributed by atoms with Crippen molar-refractivity contribution < 1.29 is 21.6 Å². The van der Waals surface area contributed by atoms with Crippen molar-refractivity contribution in [2.45, 2.75) is 19.9 Å². The van der Waals surface area contributed by atoms with Gasteiger partial charge in [-0.3, -0.25) is 14.0 Å². The molecule has 0 saturated carbocycles. The number of rotatable bonds is 7. The van der Waals surface area contributed by atoms with Crippen molar-refractivity contribution in [2.75, 3.05) is 10.1 Å². The first-order valence-electron chi connectivity index (χ1n) is 9.28. The van der Waals surface area contributed by atoms with Crippen LogP contribution >= 0.6 is 0 Å².